The number of fused-ring (bicyclic) bond motifs is 2. The van der Waals surface area contributed by atoms with Crippen molar-refractivity contribution in [1.82, 2.24) is 0 Å². The van der Waals surface area contributed by atoms with Crippen molar-refractivity contribution >= 4 is 46.9 Å². The van der Waals surface area contributed by atoms with Crippen LogP contribution < -0.4 is 24.8 Å². The summed E-state index contributed by atoms with van der Waals surface area (Å²) in [6.45, 7) is 4.42. The normalized spacial score (nSPS) is 9.08. The summed E-state index contributed by atoms with van der Waals surface area (Å²) in [6, 6.07) is 23.1. The van der Waals surface area contributed by atoms with Crippen molar-refractivity contribution in [3.63, 3.8) is 0 Å². The quantitative estimate of drug-likeness (QED) is 0.240. The third-order valence-electron chi connectivity index (χ3n) is 2.76. The molecule has 1 radical (unpaired) electrons. The van der Waals surface area contributed by atoms with Crippen LogP contribution in [0.3, 0.4) is 0 Å². The topological polar surface area (TPSA) is 0 Å². The molecule has 2 heterocycles. The Labute approximate surface area is 182 Å². The van der Waals surface area contributed by atoms with Gasteiger partial charge in [-0.25, -0.2) is 16.4 Å². The summed E-state index contributed by atoms with van der Waals surface area (Å²) in [5, 5.41) is 5.40. The van der Waals surface area contributed by atoms with Crippen LogP contribution in [0.15, 0.2) is 60.1 Å². The van der Waals surface area contributed by atoms with Gasteiger partial charge < -0.3 is 24.8 Å². The van der Waals surface area contributed by atoms with Gasteiger partial charge in [-0.05, 0) is 0 Å². The van der Waals surface area contributed by atoms with Gasteiger partial charge in [0.1, 0.15) is 0 Å². The van der Waals surface area contributed by atoms with E-state index in [0.717, 1.165) is 25.9 Å². The Balaban J connectivity index is 0. The summed E-state index contributed by atoms with van der Waals surface area (Å²) in [6.07, 6.45) is 0. The van der Waals surface area contributed by atoms with E-state index in [1.807, 2.05) is 0 Å². The monoisotopic (exact) mass is 485 g/mol. The summed E-state index contributed by atoms with van der Waals surface area (Å²) < 4.78 is 0. The van der Waals surface area contributed by atoms with Crippen LogP contribution >= 0.6 is 16.4 Å². The Bertz CT molecular complexity index is 660. The number of hydrogen-bond acceptors (Lipinski definition) is 0. The van der Waals surface area contributed by atoms with Crippen molar-refractivity contribution < 1.29 is 51.0 Å². The molecule has 2 unspecified atom stereocenters. The molecule has 2 aromatic carbocycles. The summed E-state index contributed by atoms with van der Waals surface area (Å²) in [5.41, 5.74) is 0. The average molecular weight is 488 g/mol. The fourth-order valence-corrected chi connectivity index (χ4v) is 3.63. The van der Waals surface area contributed by atoms with E-state index in [9.17, 15) is 0 Å². The van der Waals surface area contributed by atoms with Crippen LogP contribution in [-0.2, 0) is 26.2 Å². The van der Waals surface area contributed by atoms with Gasteiger partial charge in [-0.1, -0.05) is 25.2 Å². The Morgan fingerprint density at radius 1 is 0.708 bits per heavy atom. The molecule has 0 amide bonds. The first-order valence-corrected chi connectivity index (χ1v) is 11.4. The zero-order valence-electron chi connectivity index (χ0n) is 13.6. The van der Waals surface area contributed by atoms with Crippen molar-refractivity contribution in [2.24, 2.45) is 0 Å². The smallest absolute Gasteiger partial charge is 1.00 e. The molecule has 0 saturated carbocycles. The molecule has 2 atom stereocenters. The zero-order valence-corrected chi connectivity index (χ0v) is 20.7. The third-order valence-corrected chi connectivity index (χ3v) is 4.84. The minimum Gasteiger partial charge on any atom is -1.00 e. The van der Waals surface area contributed by atoms with E-state index in [4.69, 9.17) is 0 Å². The van der Waals surface area contributed by atoms with E-state index in [1.54, 1.807) is 0 Å². The van der Waals surface area contributed by atoms with E-state index in [2.05, 4.69) is 85.4 Å². The maximum Gasteiger partial charge on any atom is 4.00 e. The van der Waals surface area contributed by atoms with Crippen molar-refractivity contribution in [2.75, 3.05) is 0 Å². The molecule has 2 aromatic heterocycles. The minimum absolute atomic E-state index is 0. The number of benzene rings is 2. The Kier molecular flexibility index (Phi) is 17.0. The minimum atomic E-state index is 0. The predicted molar refractivity (Wildman–Crippen MR) is 103 cm³/mol. The molecular weight excluding hydrogens is 468 g/mol. The van der Waals surface area contributed by atoms with Crippen molar-refractivity contribution in [1.29, 1.82) is 0 Å². The molecule has 0 fully saturated rings. The third kappa shape index (κ3) is 8.53. The Morgan fingerprint density at radius 3 is 1.38 bits per heavy atom. The molecule has 0 aliphatic rings. The maximum absolute atomic E-state index is 3.19. The second-order valence-corrected chi connectivity index (χ2v) is 7.92. The zero-order chi connectivity index (χ0) is 14.9. The van der Waals surface area contributed by atoms with Gasteiger partial charge in [0.2, 0.25) is 0 Å². The summed E-state index contributed by atoms with van der Waals surface area (Å²) in [4.78, 5) is 0. The van der Waals surface area contributed by atoms with Crippen LogP contribution in [-0.4, -0.2) is 9.52 Å². The van der Waals surface area contributed by atoms with Gasteiger partial charge in [-0.2, -0.15) is 35.0 Å². The fraction of sp³-hybridized carbons (Fsp3) is 0.111. The maximum atomic E-state index is 3.19. The largest absolute Gasteiger partial charge is 4.00 e. The van der Waals surface area contributed by atoms with Gasteiger partial charge in [-0.15, -0.1) is 46.1 Å². The molecule has 0 nitrogen and oxygen atoms in total. The standard InChI is InChI=1S/2C8H6P.C2H7Si.2ClH.Zr/c2*1-2-4-8-7(3-1)5-6-9-8;1-3-2;;;/h2*1-4,6,9H;3H,1-2H3;2*1H;/q2*-1;;;;+4/p-2. The van der Waals surface area contributed by atoms with Gasteiger partial charge in [-0.3, -0.25) is 0 Å². The van der Waals surface area contributed by atoms with E-state index < -0.39 is 0 Å². The van der Waals surface area contributed by atoms with Crippen LogP contribution in [0.25, 0.3) is 21.0 Å². The predicted octanol–water partition coefficient (Wildman–Crippen LogP) is -0.133. The molecule has 24 heavy (non-hydrogen) atoms. The van der Waals surface area contributed by atoms with Gasteiger partial charge in [0.05, 0.1) is 0 Å². The molecule has 6 heteroatoms. The van der Waals surface area contributed by atoms with Crippen molar-refractivity contribution in [2.45, 2.75) is 13.1 Å². The molecule has 0 aliphatic heterocycles. The van der Waals surface area contributed by atoms with E-state index >= 15 is 0 Å². The number of rotatable bonds is 0. The summed E-state index contributed by atoms with van der Waals surface area (Å²) in [7, 11) is 2.44. The molecule has 4 aromatic rings. The van der Waals surface area contributed by atoms with Gasteiger partial charge >= 0.3 is 26.2 Å². The molecule has 123 valence electrons. The molecule has 4 rings (SSSR count). The van der Waals surface area contributed by atoms with Crippen LogP contribution in [0, 0.1) is 12.1 Å². The molecule has 0 N–H and O–H groups in total. The first-order chi connectivity index (χ1) is 10.3. The number of halogens is 2. The molecular formula is C18H19Cl2P2SiZr. The summed E-state index contributed by atoms with van der Waals surface area (Å²) in [5.74, 6) is 4.20. The molecule has 0 spiro atoms. The second-order valence-electron chi connectivity index (χ2n) is 4.53. The Morgan fingerprint density at radius 2 is 1.04 bits per heavy atom. The number of hydrogen-bond donors (Lipinski definition) is 0. The molecule has 0 saturated heterocycles. The first-order valence-electron chi connectivity index (χ1n) is 6.96. The van der Waals surface area contributed by atoms with E-state index in [1.165, 1.54) is 21.0 Å². The Hall–Kier alpha value is 0.200. The fourth-order valence-electron chi connectivity index (χ4n) is 1.85. The van der Waals surface area contributed by atoms with Gasteiger partial charge in [0.15, 0.2) is 0 Å². The van der Waals surface area contributed by atoms with Crippen molar-refractivity contribution in [3.05, 3.63) is 72.3 Å². The van der Waals surface area contributed by atoms with E-state index in [0.29, 0.717) is 0 Å². The molecule has 0 bridgehead atoms. The van der Waals surface area contributed by atoms with Crippen LogP contribution in [0.1, 0.15) is 0 Å². The van der Waals surface area contributed by atoms with Crippen molar-refractivity contribution in [3.8, 4) is 0 Å². The van der Waals surface area contributed by atoms with Crippen LogP contribution in [0.5, 0.6) is 0 Å². The van der Waals surface area contributed by atoms with Crippen LogP contribution in [0.2, 0.25) is 13.1 Å². The van der Waals surface area contributed by atoms with Gasteiger partial charge in [0.25, 0.3) is 0 Å². The van der Waals surface area contributed by atoms with E-state index in [-0.39, 0.29) is 51.0 Å². The van der Waals surface area contributed by atoms with Gasteiger partial charge in [0, 0.05) is 9.52 Å². The van der Waals surface area contributed by atoms with Crippen LogP contribution in [0.4, 0.5) is 0 Å². The SMILES string of the molecule is C[SiH]C.[Cl-].[Cl-].[Zr+4].[c-]1c[pH]c2ccccc12.[c-]1c[pH]c2ccccc12. The summed E-state index contributed by atoms with van der Waals surface area (Å²) >= 11 is 0. The molecule has 0 aliphatic carbocycles. The average Bonchev–Trinajstić information content (AvgIpc) is 3.17. The second kappa shape index (κ2) is 15.5. The first kappa shape index (κ1) is 26.4.